The maximum atomic E-state index is 13.4. The molecule has 2 N–H and O–H groups in total. The van der Waals surface area contributed by atoms with Gasteiger partial charge in [0, 0.05) is 45.8 Å². The maximum Gasteiger partial charge on any atom is 0.227 e. The van der Waals surface area contributed by atoms with E-state index in [-0.39, 0.29) is 5.82 Å². The van der Waals surface area contributed by atoms with E-state index < -0.39 is 5.82 Å². The summed E-state index contributed by atoms with van der Waals surface area (Å²) in [6, 6.07) is 1.97. The maximum absolute atomic E-state index is 13.4. The van der Waals surface area contributed by atoms with Gasteiger partial charge in [-0.15, -0.1) is 0 Å². The third-order valence-corrected chi connectivity index (χ3v) is 4.10. The van der Waals surface area contributed by atoms with Crippen molar-refractivity contribution in [2.45, 2.75) is 12.3 Å². The van der Waals surface area contributed by atoms with Gasteiger partial charge >= 0.3 is 0 Å². The molecule has 1 atom stereocenters. The summed E-state index contributed by atoms with van der Waals surface area (Å²) in [5, 5.41) is 5.98. The molecule has 3 heterocycles. The minimum atomic E-state index is -0.470. The summed E-state index contributed by atoms with van der Waals surface area (Å²) in [5.41, 5.74) is 1.00. The summed E-state index contributed by atoms with van der Waals surface area (Å²) >= 11 is 0. The van der Waals surface area contributed by atoms with Gasteiger partial charge in [-0.05, 0) is 6.42 Å². The Morgan fingerprint density at radius 3 is 3.00 bits per heavy atom. The topological polar surface area (TPSA) is 88.1 Å². The molecule has 3 rings (SSSR count). The van der Waals surface area contributed by atoms with Gasteiger partial charge in [0.1, 0.15) is 12.1 Å². The molecule has 2 aromatic rings. The van der Waals surface area contributed by atoms with Gasteiger partial charge in [-0.3, -0.25) is 0 Å². The normalized spacial score (nSPS) is 16.7. The molecule has 2 aromatic heterocycles. The summed E-state index contributed by atoms with van der Waals surface area (Å²) in [6.07, 6.45) is 3.73. The molecule has 0 bridgehead atoms. The Kier molecular flexibility index (Phi) is 5.54. The van der Waals surface area contributed by atoms with E-state index in [0.717, 1.165) is 31.1 Å². The van der Waals surface area contributed by atoms with Crippen LogP contribution in [0.3, 0.4) is 0 Å². The van der Waals surface area contributed by atoms with Crippen LogP contribution in [0.2, 0.25) is 0 Å². The van der Waals surface area contributed by atoms with E-state index in [4.69, 9.17) is 4.74 Å². The number of nitrogens with one attached hydrogen (secondary N) is 2. The third-order valence-electron chi connectivity index (χ3n) is 4.10. The zero-order valence-corrected chi connectivity index (χ0v) is 14.4. The summed E-state index contributed by atoms with van der Waals surface area (Å²) in [7, 11) is 3.48. The lowest BCUT2D eigenvalue weighted by molar-refractivity contribution is 0.193. The van der Waals surface area contributed by atoms with Gasteiger partial charge in [0.15, 0.2) is 11.6 Å². The van der Waals surface area contributed by atoms with Crippen LogP contribution in [0.15, 0.2) is 18.6 Å². The Hall–Kier alpha value is -2.55. The zero-order valence-electron chi connectivity index (χ0n) is 14.4. The van der Waals surface area contributed by atoms with Crippen molar-refractivity contribution in [3.8, 4) is 0 Å². The number of aromatic nitrogens is 4. The number of anilines is 3. The van der Waals surface area contributed by atoms with Crippen molar-refractivity contribution in [2.75, 3.05) is 55.9 Å². The predicted molar refractivity (Wildman–Crippen MR) is 93.5 cm³/mol. The molecule has 25 heavy (non-hydrogen) atoms. The summed E-state index contributed by atoms with van der Waals surface area (Å²) in [6.45, 7) is 2.79. The molecule has 0 radical (unpaired) electrons. The van der Waals surface area contributed by atoms with E-state index in [1.54, 1.807) is 13.4 Å². The zero-order chi connectivity index (χ0) is 17.6. The molecule has 1 saturated heterocycles. The lowest BCUT2D eigenvalue weighted by Gasteiger charge is -2.18. The molecule has 1 aliphatic rings. The molecule has 8 nitrogen and oxygen atoms in total. The van der Waals surface area contributed by atoms with Gasteiger partial charge in [0.25, 0.3) is 0 Å². The third kappa shape index (κ3) is 4.30. The Labute approximate surface area is 145 Å². The average Bonchev–Trinajstić information content (AvgIpc) is 3.17. The molecule has 134 valence electrons. The van der Waals surface area contributed by atoms with Crippen molar-refractivity contribution in [3.05, 3.63) is 30.1 Å². The fourth-order valence-corrected chi connectivity index (χ4v) is 2.63. The van der Waals surface area contributed by atoms with E-state index in [9.17, 15) is 4.39 Å². The first-order valence-corrected chi connectivity index (χ1v) is 8.22. The SMILES string of the molecule is CNc1nc(N(C)CCNc2cc([C@H]3CCOC3)ncn2)ncc1F. The number of likely N-dealkylation sites (N-methyl/N-ethyl adjacent to an activating group) is 1. The van der Waals surface area contributed by atoms with Gasteiger partial charge in [0.05, 0.1) is 18.5 Å². The highest BCUT2D eigenvalue weighted by Gasteiger charge is 2.19. The standard InChI is InChI=1S/C16H22FN7O/c1-18-15-12(17)8-20-16(23-15)24(2)5-4-19-14-7-13(21-10-22-14)11-3-6-25-9-11/h7-8,10-11H,3-6,9H2,1-2H3,(H,18,20,23)(H,19,21,22)/t11-/m0/s1. The lowest BCUT2D eigenvalue weighted by atomic mass is 10.1. The highest BCUT2D eigenvalue weighted by Crippen LogP contribution is 2.24. The van der Waals surface area contributed by atoms with Crippen molar-refractivity contribution >= 4 is 17.6 Å². The monoisotopic (exact) mass is 347 g/mol. The van der Waals surface area contributed by atoms with Crippen molar-refractivity contribution in [1.82, 2.24) is 19.9 Å². The summed E-state index contributed by atoms with van der Waals surface area (Å²) in [4.78, 5) is 18.6. The first-order chi connectivity index (χ1) is 12.2. The number of ether oxygens (including phenoxy) is 1. The smallest absolute Gasteiger partial charge is 0.227 e. The van der Waals surface area contributed by atoms with Gasteiger partial charge in [-0.25, -0.2) is 19.3 Å². The molecule has 0 aromatic carbocycles. The van der Waals surface area contributed by atoms with Crippen LogP contribution in [-0.4, -0.2) is 60.3 Å². The highest BCUT2D eigenvalue weighted by molar-refractivity contribution is 5.42. The molecule has 0 saturated carbocycles. The quantitative estimate of drug-likeness (QED) is 0.779. The van der Waals surface area contributed by atoms with Gasteiger partial charge in [0.2, 0.25) is 5.95 Å². The minimum absolute atomic E-state index is 0.184. The van der Waals surface area contributed by atoms with Crippen LogP contribution in [0.4, 0.5) is 22.0 Å². The van der Waals surface area contributed by atoms with Crippen molar-refractivity contribution in [1.29, 1.82) is 0 Å². The summed E-state index contributed by atoms with van der Waals surface area (Å²) in [5.74, 6) is 1.30. The van der Waals surface area contributed by atoms with Gasteiger partial charge < -0.3 is 20.3 Å². The van der Waals surface area contributed by atoms with E-state index in [1.165, 1.54) is 6.20 Å². The number of halogens is 1. The van der Waals surface area contributed by atoms with Crippen LogP contribution >= 0.6 is 0 Å². The Balaban J connectivity index is 1.54. The predicted octanol–water partition coefficient (Wildman–Crippen LogP) is 1.50. The molecule has 9 heteroatoms. The number of hydrogen-bond acceptors (Lipinski definition) is 8. The second kappa shape index (κ2) is 8.02. The number of hydrogen-bond donors (Lipinski definition) is 2. The number of rotatable bonds is 7. The fourth-order valence-electron chi connectivity index (χ4n) is 2.63. The second-order valence-corrected chi connectivity index (χ2v) is 5.85. The fraction of sp³-hybridized carbons (Fsp3) is 0.500. The van der Waals surface area contributed by atoms with Crippen molar-refractivity contribution in [2.24, 2.45) is 0 Å². The van der Waals surface area contributed by atoms with Gasteiger partial charge in [-0.1, -0.05) is 0 Å². The summed E-state index contributed by atoms with van der Waals surface area (Å²) < 4.78 is 18.8. The molecular formula is C16H22FN7O. The Morgan fingerprint density at radius 2 is 2.24 bits per heavy atom. The van der Waals surface area contributed by atoms with Crippen LogP contribution in [0.25, 0.3) is 0 Å². The van der Waals surface area contributed by atoms with Gasteiger partial charge in [-0.2, -0.15) is 4.98 Å². The van der Waals surface area contributed by atoms with Crippen LogP contribution in [0, 0.1) is 5.82 Å². The molecular weight excluding hydrogens is 325 g/mol. The molecule has 0 aliphatic carbocycles. The van der Waals surface area contributed by atoms with Crippen LogP contribution in [-0.2, 0) is 4.74 Å². The molecule has 0 unspecified atom stereocenters. The first kappa shape index (κ1) is 17.3. The largest absolute Gasteiger partial charge is 0.381 e. The molecule has 1 aliphatic heterocycles. The molecule has 1 fully saturated rings. The van der Waals surface area contributed by atoms with E-state index in [0.29, 0.717) is 25.0 Å². The average molecular weight is 347 g/mol. The van der Waals surface area contributed by atoms with E-state index in [1.807, 2.05) is 18.0 Å². The van der Waals surface area contributed by atoms with E-state index in [2.05, 4.69) is 30.6 Å². The first-order valence-electron chi connectivity index (χ1n) is 8.22. The Morgan fingerprint density at radius 1 is 1.36 bits per heavy atom. The second-order valence-electron chi connectivity index (χ2n) is 5.85. The van der Waals surface area contributed by atoms with Crippen molar-refractivity contribution < 1.29 is 9.13 Å². The van der Waals surface area contributed by atoms with E-state index >= 15 is 0 Å². The minimum Gasteiger partial charge on any atom is -0.381 e. The van der Waals surface area contributed by atoms with Crippen LogP contribution in [0.1, 0.15) is 18.0 Å². The highest BCUT2D eigenvalue weighted by atomic mass is 19.1. The molecule has 0 spiro atoms. The van der Waals surface area contributed by atoms with Crippen molar-refractivity contribution in [3.63, 3.8) is 0 Å². The lowest BCUT2D eigenvalue weighted by Crippen LogP contribution is -2.27. The van der Waals surface area contributed by atoms with Crippen LogP contribution < -0.4 is 15.5 Å². The Bertz CT molecular complexity index is 709. The van der Waals surface area contributed by atoms with Crippen LogP contribution in [0.5, 0.6) is 0 Å². The molecule has 0 amide bonds. The number of nitrogens with zero attached hydrogens (tertiary/aromatic N) is 5.